The summed E-state index contributed by atoms with van der Waals surface area (Å²) < 4.78 is 5.47. The first-order valence-corrected chi connectivity index (χ1v) is 7.26. The second-order valence-corrected chi connectivity index (χ2v) is 4.95. The molecule has 0 fully saturated rings. The number of nitrogens with zero attached hydrogens (tertiary/aromatic N) is 1. The van der Waals surface area contributed by atoms with Gasteiger partial charge in [-0.2, -0.15) is 0 Å². The van der Waals surface area contributed by atoms with Gasteiger partial charge >= 0.3 is 0 Å². The summed E-state index contributed by atoms with van der Waals surface area (Å²) in [6.07, 6.45) is 15.3. The molecule has 2 heteroatoms. The minimum atomic E-state index is 0.598. The monoisotopic (exact) mass is 237 g/mol. The predicted molar refractivity (Wildman–Crippen MR) is 72.1 cm³/mol. The SMILES string of the molecule is CCCCCCC(CCCCC)c1cnco1. The Bertz CT molecular complexity index is 256. The van der Waals surface area contributed by atoms with Gasteiger partial charge in [-0.05, 0) is 12.8 Å². The molecule has 0 saturated carbocycles. The zero-order valence-electron chi connectivity index (χ0n) is 11.5. The third-order valence-corrected chi connectivity index (χ3v) is 3.42. The Kier molecular flexibility index (Phi) is 7.78. The summed E-state index contributed by atoms with van der Waals surface area (Å²) in [5.74, 6) is 1.69. The highest BCUT2D eigenvalue weighted by Gasteiger charge is 2.14. The van der Waals surface area contributed by atoms with Gasteiger partial charge in [0.2, 0.25) is 0 Å². The molecule has 0 spiro atoms. The first kappa shape index (κ1) is 14.3. The Hall–Kier alpha value is -0.790. The van der Waals surface area contributed by atoms with Gasteiger partial charge in [-0.25, -0.2) is 4.98 Å². The van der Waals surface area contributed by atoms with Crippen LogP contribution in [-0.2, 0) is 0 Å². The van der Waals surface area contributed by atoms with Gasteiger partial charge < -0.3 is 4.42 Å². The van der Waals surface area contributed by atoms with Crippen LogP contribution in [0.5, 0.6) is 0 Å². The lowest BCUT2D eigenvalue weighted by atomic mass is 9.93. The van der Waals surface area contributed by atoms with Crippen LogP contribution in [-0.4, -0.2) is 4.98 Å². The van der Waals surface area contributed by atoms with Crippen molar-refractivity contribution in [2.45, 2.75) is 77.6 Å². The topological polar surface area (TPSA) is 26.0 Å². The summed E-state index contributed by atoms with van der Waals surface area (Å²) in [6, 6.07) is 0. The smallest absolute Gasteiger partial charge is 0.180 e. The van der Waals surface area contributed by atoms with Crippen LogP contribution in [0.15, 0.2) is 17.0 Å². The number of rotatable bonds is 10. The van der Waals surface area contributed by atoms with E-state index in [1.165, 1.54) is 57.8 Å². The molecule has 0 aliphatic rings. The van der Waals surface area contributed by atoms with Crippen LogP contribution in [0.25, 0.3) is 0 Å². The normalized spacial score (nSPS) is 12.8. The van der Waals surface area contributed by atoms with Gasteiger partial charge in [0.05, 0.1) is 6.20 Å². The van der Waals surface area contributed by atoms with Crippen molar-refractivity contribution in [3.8, 4) is 0 Å². The second kappa shape index (κ2) is 9.26. The fourth-order valence-electron chi connectivity index (χ4n) is 2.31. The van der Waals surface area contributed by atoms with E-state index in [0.29, 0.717) is 5.92 Å². The molecule has 1 unspecified atom stereocenters. The Morgan fingerprint density at radius 3 is 2.24 bits per heavy atom. The molecular weight excluding hydrogens is 210 g/mol. The van der Waals surface area contributed by atoms with Gasteiger partial charge in [-0.1, -0.05) is 58.8 Å². The molecule has 1 atom stereocenters. The highest BCUT2D eigenvalue weighted by molar-refractivity contribution is 4.98. The standard InChI is InChI=1S/C15H27NO/c1-3-5-7-9-11-14(10-8-6-4-2)15-12-16-13-17-15/h12-14H,3-11H2,1-2H3. The molecule has 0 aromatic carbocycles. The summed E-state index contributed by atoms with van der Waals surface area (Å²) in [6.45, 7) is 4.51. The van der Waals surface area contributed by atoms with Crippen molar-refractivity contribution in [1.82, 2.24) is 4.98 Å². The minimum absolute atomic E-state index is 0.598. The van der Waals surface area contributed by atoms with Crippen molar-refractivity contribution >= 4 is 0 Å². The molecule has 1 aromatic heterocycles. The number of hydrogen-bond acceptors (Lipinski definition) is 2. The Balaban J connectivity index is 2.31. The molecule has 98 valence electrons. The van der Waals surface area contributed by atoms with Gasteiger partial charge in [-0.15, -0.1) is 0 Å². The molecule has 1 heterocycles. The van der Waals surface area contributed by atoms with Gasteiger partial charge in [-0.3, -0.25) is 0 Å². The van der Waals surface area contributed by atoms with Gasteiger partial charge in [0.25, 0.3) is 0 Å². The van der Waals surface area contributed by atoms with Gasteiger partial charge in [0.1, 0.15) is 5.76 Å². The Morgan fingerprint density at radius 1 is 1.00 bits per heavy atom. The maximum atomic E-state index is 5.47. The van der Waals surface area contributed by atoms with Crippen molar-refractivity contribution in [3.63, 3.8) is 0 Å². The largest absolute Gasteiger partial charge is 0.448 e. The Morgan fingerprint density at radius 2 is 1.65 bits per heavy atom. The van der Waals surface area contributed by atoms with Crippen LogP contribution in [0, 0.1) is 0 Å². The van der Waals surface area contributed by atoms with E-state index in [1.807, 2.05) is 6.20 Å². The zero-order chi connectivity index (χ0) is 12.3. The van der Waals surface area contributed by atoms with E-state index < -0.39 is 0 Å². The number of aromatic nitrogens is 1. The summed E-state index contributed by atoms with van der Waals surface area (Å²) in [5, 5.41) is 0. The number of hydrogen-bond donors (Lipinski definition) is 0. The fourth-order valence-corrected chi connectivity index (χ4v) is 2.31. The third-order valence-electron chi connectivity index (χ3n) is 3.42. The molecule has 0 aliphatic heterocycles. The molecule has 1 aromatic rings. The maximum absolute atomic E-state index is 5.47. The van der Waals surface area contributed by atoms with E-state index in [4.69, 9.17) is 4.42 Å². The van der Waals surface area contributed by atoms with E-state index >= 15 is 0 Å². The van der Waals surface area contributed by atoms with Crippen LogP contribution in [0.2, 0.25) is 0 Å². The summed E-state index contributed by atoms with van der Waals surface area (Å²) >= 11 is 0. The van der Waals surface area contributed by atoms with Crippen molar-refractivity contribution < 1.29 is 4.42 Å². The molecule has 0 aliphatic carbocycles. The van der Waals surface area contributed by atoms with Crippen molar-refractivity contribution in [2.24, 2.45) is 0 Å². The fraction of sp³-hybridized carbons (Fsp3) is 0.800. The molecule has 1 rings (SSSR count). The third kappa shape index (κ3) is 5.90. The average molecular weight is 237 g/mol. The molecule has 0 bridgehead atoms. The minimum Gasteiger partial charge on any atom is -0.448 e. The van der Waals surface area contributed by atoms with Crippen LogP contribution in [0.3, 0.4) is 0 Å². The lowest BCUT2D eigenvalue weighted by Gasteiger charge is -2.13. The van der Waals surface area contributed by atoms with Gasteiger partial charge in [0.15, 0.2) is 6.39 Å². The van der Waals surface area contributed by atoms with E-state index in [1.54, 1.807) is 6.39 Å². The van der Waals surface area contributed by atoms with Crippen molar-refractivity contribution in [3.05, 3.63) is 18.4 Å². The Labute approximate surface area is 106 Å². The summed E-state index contributed by atoms with van der Waals surface area (Å²) in [7, 11) is 0. The molecule has 2 nitrogen and oxygen atoms in total. The molecular formula is C15H27NO. The summed E-state index contributed by atoms with van der Waals surface area (Å²) in [4.78, 5) is 4.05. The van der Waals surface area contributed by atoms with Crippen LogP contribution in [0.4, 0.5) is 0 Å². The van der Waals surface area contributed by atoms with Crippen LogP contribution in [0.1, 0.15) is 83.3 Å². The van der Waals surface area contributed by atoms with Crippen LogP contribution < -0.4 is 0 Å². The van der Waals surface area contributed by atoms with E-state index in [-0.39, 0.29) is 0 Å². The lowest BCUT2D eigenvalue weighted by Crippen LogP contribution is -1.98. The predicted octanol–water partition coefficient (Wildman–Crippen LogP) is 5.31. The average Bonchev–Trinajstić information content (AvgIpc) is 2.86. The first-order valence-electron chi connectivity index (χ1n) is 7.26. The second-order valence-electron chi connectivity index (χ2n) is 4.95. The van der Waals surface area contributed by atoms with Crippen LogP contribution >= 0.6 is 0 Å². The molecule has 0 amide bonds. The number of unbranched alkanes of at least 4 members (excludes halogenated alkanes) is 5. The molecule has 0 saturated heterocycles. The number of oxazole rings is 1. The molecule has 0 N–H and O–H groups in total. The van der Waals surface area contributed by atoms with E-state index in [9.17, 15) is 0 Å². The first-order chi connectivity index (χ1) is 8.38. The highest BCUT2D eigenvalue weighted by atomic mass is 16.3. The van der Waals surface area contributed by atoms with Gasteiger partial charge in [0, 0.05) is 5.92 Å². The molecule has 0 radical (unpaired) electrons. The van der Waals surface area contributed by atoms with Crippen molar-refractivity contribution in [1.29, 1.82) is 0 Å². The summed E-state index contributed by atoms with van der Waals surface area (Å²) in [5.41, 5.74) is 0. The van der Waals surface area contributed by atoms with E-state index in [0.717, 1.165) is 5.76 Å². The quantitative estimate of drug-likeness (QED) is 0.515. The maximum Gasteiger partial charge on any atom is 0.180 e. The molecule has 17 heavy (non-hydrogen) atoms. The van der Waals surface area contributed by atoms with Crippen molar-refractivity contribution in [2.75, 3.05) is 0 Å². The lowest BCUT2D eigenvalue weighted by molar-refractivity contribution is 0.406. The highest BCUT2D eigenvalue weighted by Crippen LogP contribution is 2.27. The van der Waals surface area contributed by atoms with E-state index in [2.05, 4.69) is 18.8 Å². The zero-order valence-corrected chi connectivity index (χ0v) is 11.5.